The molecule has 0 atom stereocenters. The van der Waals surface area contributed by atoms with E-state index in [1.54, 1.807) is 0 Å². The summed E-state index contributed by atoms with van der Waals surface area (Å²) in [6.45, 7) is 0. The summed E-state index contributed by atoms with van der Waals surface area (Å²) < 4.78 is 0. The summed E-state index contributed by atoms with van der Waals surface area (Å²) in [4.78, 5) is 16.7. The van der Waals surface area contributed by atoms with Gasteiger partial charge in [-0.05, 0) is 12.3 Å². The molecule has 6 nitrogen and oxygen atoms in total. The van der Waals surface area contributed by atoms with Crippen LogP contribution in [0.5, 0.6) is 0 Å². The normalized spacial score (nSPS) is 4.80. The van der Waals surface area contributed by atoms with Crippen LogP contribution in [0.1, 0.15) is 0 Å². The first kappa shape index (κ1) is 22.4. The van der Waals surface area contributed by atoms with Crippen LogP contribution < -0.4 is 20.4 Å². The van der Waals surface area contributed by atoms with E-state index in [1.165, 1.54) is 0 Å². The van der Waals surface area contributed by atoms with Gasteiger partial charge in [-0.1, -0.05) is 0 Å². The summed E-state index contributed by atoms with van der Waals surface area (Å²) in [5.74, 6) is 0. The molecule has 0 bridgehead atoms. The minimum absolute atomic E-state index is 0. The Morgan fingerprint density at radius 2 is 0.800 bits per heavy atom. The third-order valence-electron chi connectivity index (χ3n) is 0. The predicted molar refractivity (Wildman–Crippen MR) is 16.5 cm³/mol. The van der Waals surface area contributed by atoms with Gasteiger partial charge in [-0.3, -0.25) is 0 Å². The molecule has 0 spiro atoms. The van der Waals surface area contributed by atoms with Gasteiger partial charge in [0.2, 0.25) is 0 Å². The Hall–Kier alpha value is 0.488. The van der Waals surface area contributed by atoms with Gasteiger partial charge >= 0.3 is 58.8 Å². The molecule has 0 saturated carbocycles. The number of hydrogen-bond acceptors (Lipinski definition) is 6. The van der Waals surface area contributed by atoms with Crippen LogP contribution >= 0.6 is 0 Å². The van der Waals surface area contributed by atoms with Crippen molar-refractivity contribution >= 4 is 50.0 Å². The summed E-state index contributed by atoms with van der Waals surface area (Å²) >= 11 is 0. The fourth-order valence-corrected chi connectivity index (χ4v) is 0. The zero-order valence-electron chi connectivity index (χ0n) is 4.47. The molecule has 0 rings (SSSR count). The minimum atomic E-state index is -2.33. The first-order chi connectivity index (χ1) is 3.46. The van der Waals surface area contributed by atoms with Crippen molar-refractivity contribution in [3.8, 4) is 0 Å². The van der Waals surface area contributed by atoms with E-state index in [9.17, 15) is 0 Å². The van der Waals surface area contributed by atoms with Crippen molar-refractivity contribution in [3.63, 3.8) is 0 Å². The molecule has 0 heterocycles. The van der Waals surface area contributed by atoms with Crippen molar-refractivity contribution in [2.24, 2.45) is 0 Å². The third kappa shape index (κ3) is 2000. The molecular weight excluding hydrogens is 355 g/mol. The Kier molecular flexibility index (Phi) is 36.4. The summed E-state index contributed by atoms with van der Waals surface area (Å²) in [5, 5.41) is 33.3. The summed E-state index contributed by atoms with van der Waals surface area (Å²) in [7, 11) is 0. The first-order valence-corrected chi connectivity index (χ1v) is 1.22. The largest absolute Gasteiger partial charge is 2.00 e. The Balaban J connectivity index is -0.0000000300. The molecule has 0 aromatic heterocycles. The number of carbonyl (C=O) groups excluding carboxylic acids is 2. The number of carboxylic acid groups (broad SMARTS) is 4. The van der Waals surface area contributed by atoms with E-state index < -0.39 is 12.3 Å². The molecule has 0 aliphatic heterocycles. The maximum absolute atomic E-state index is 8.33. The molecule has 8 heteroatoms. The molecule has 0 aliphatic rings. The van der Waals surface area contributed by atoms with Gasteiger partial charge in [0.05, 0.1) is 0 Å². The summed E-state index contributed by atoms with van der Waals surface area (Å²) in [6, 6.07) is 0. The number of rotatable bonds is 0. The molecule has 0 amide bonds. The molecule has 0 aromatic rings. The average molecular weight is 355 g/mol. The van der Waals surface area contributed by atoms with Crippen molar-refractivity contribution in [3.05, 3.63) is 0 Å². The molecule has 0 fully saturated rings. The van der Waals surface area contributed by atoms with Gasteiger partial charge in [0, 0.05) is 0 Å². The molecule has 0 aromatic carbocycles. The van der Waals surface area contributed by atoms with Crippen LogP contribution in [-0.2, 0) is 21.1 Å². The molecule has 0 N–H and O–H groups in total. The van der Waals surface area contributed by atoms with Crippen LogP contribution in [-0.4, -0.2) is 50.0 Å². The fraction of sp³-hybridized carbons (Fsp3) is 0. The Morgan fingerprint density at radius 3 is 0.800 bits per heavy atom. The van der Waals surface area contributed by atoms with E-state index >= 15 is 0 Å². The van der Waals surface area contributed by atoms with Gasteiger partial charge in [0.1, 0.15) is 0 Å². The topological polar surface area (TPSA) is 126 Å². The summed E-state index contributed by atoms with van der Waals surface area (Å²) in [6.07, 6.45) is -4.67. The SMILES string of the molecule is O=C([O-])[O-].O=C([O-])[O-].[Ca+2].[Pt+2]. The molecule has 10 heavy (non-hydrogen) atoms. The first-order valence-electron chi connectivity index (χ1n) is 1.22. The van der Waals surface area contributed by atoms with E-state index in [0.717, 1.165) is 0 Å². The van der Waals surface area contributed by atoms with Crippen LogP contribution in [0, 0.1) is 0 Å². The van der Waals surface area contributed by atoms with Crippen molar-refractivity contribution in [2.75, 3.05) is 0 Å². The van der Waals surface area contributed by atoms with Crippen LogP contribution in [0.4, 0.5) is 9.59 Å². The predicted octanol–water partition coefficient (Wildman–Crippen LogP) is -5.28. The Morgan fingerprint density at radius 1 is 0.800 bits per heavy atom. The van der Waals surface area contributed by atoms with Crippen LogP contribution in [0.3, 0.4) is 0 Å². The quantitative estimate of drug-likeness (QED) is 0.400. The van der Waals surface area contributed by atoms with Gasteiger partial charge in [0.15, 0.2) is 0 Å². The average Bonchev–Trinajstić information content (AvgIpc) is 1.25. The third-order valence-corrected chi connectivity index (χ3v) is 0. The van der Waals surface area contributed by atoms with E-state index in [2.05, 4.69) is 0 Å². The smallest absolute Gasteiger partial charge is 0.652 e. The second-order valence-corrected chi connectivity index (χ2v) is 0.500. The van der Waals surface area contributed by atoms with Gasteiger partial charge in [-0.2, -0.15) is 0 Å². The van der Waals surface area contributed by atoms with Crippen LogP contribution in [0.15, 0.2) is 0 Å². The van der Waals surface area contributed by atoms with E-state index in [1.807, 2.05) is 0 Å². The molecule has 0 unspecified atom stereocenters. The van der Waals surface area contributed by atoms with Crippen molar-refractivity contribution in [1.29, 1.82) is 0 Å². The van der Waals surface area contributed by atoms with Gasteiger partial charge < -0.3 is 30.0 Å². The molecule has 56 valence electrons. The zero-order valence-corrected chi connectivity index (χ0v) is 8.95. The standard InChI is InChI=1S/2CH2O3.Ca.Pt/c2*2-1(3)4;;/h2*(H2,2,3,4);;/q;;2*+2/p-4. The van der Waals surface area contributed by atoms with Gasteiger partial charge in [0.25, 0.3) is 0 Å². The van der Waals surface area contributed by atoms with Crippen molar-refractivity contribution in [1.82, 2.24) is 0 Å². The molecular formula is C2CaO6Pt. The Labute approximate surface area is 100 Å². The maximum atomic E-state index is 8.33. The van der Waals surface area contributed by atoms with Crippen LogP contribution in [0.2, 0.25) is 0 Å². The minimum Gasteiger partial charge on any atom is -0.652 e. The fourth-order valence-electron chi connectivity index (χ4n) is 0. The molecule has 0 aliphatic carbocycles. The van der Waals surface area contributed by atoms with E-state index in [4.69, 9.17) is 30.0 Å². The summed E-state index contributed by atoms with van der Waals surface area (Å²) in [5.41, 5.74) is 0. The molecule has 0 radical (unpaired) electrons. The van der Waals surface area contributed by atoms with Gasteiger partial charge in [-0.15, -0.1) is 0 Å². The van der Waals surface area contributed by atoms with E-state index in [0.29, 0.717) is 0 Å². The monoisotopic (exact) mass is 355 g/mol. The molecule has 0 saturated heterocycles. The van der Waals surface area contributed by atoms with E-state index in [-0.39, 0.29) is 58.8 Å². The number of hydrogen-bond donors (Lipinski definition) is 0. The number of carbonyl (C=O) groups is 2. The van der Waals surface area contributed by atoms with Crippen molar-refractivity contribution in [2.45, 2.75) is 0 Å². The van der Waals surface area contributed by atoms with Crippen LogP contribution in [0.25, 0.3) is 0 Å². The second kappa shape index (κ2) is 16.2. The van der Waals surface area contributed by atoms with Crippen molar-refractivity contribution < 1.29 is 51.1 Å². The maximum Gasteiger partial charge on any atom is 2.00 e. The zero-order chi connectivity index (χ0) is 7.15. The van der Waals surface area contributed by atoms with Gasteiger partial charge in [-0.25, -0.2) is 0 Å². The second-order valence-electron chi connectivity index (χ2n) is 0.500. The Bertz CT molecular complexity index is 73.7.